The molecule has 0 saturated heterocycles. The van der Waals surface area contributed by atoms with Crippen molar-refractivity contribution in [3.63, 3.8) is 0 Å². The summed E-state index contributed by atoms with van der Waals surface area (Å²) in [4.78, 5) is 56.6. The summed E-state index contributed by atoms with van der Waals surface area (Å²) in [6.45, 7) is 2.69. The molecule has 3 amide bonds. The molecule has 1 aromatic carbocycles. The predicted octanol–water partition coefficient (Wildman–Crippen LogP) is -1.58. The molecule has 13 nitrogen and oxygen atoms in total. The Morgan fingerprint density at radius 1 is 0.944 bits per heavy atom. The average Bonchev–Trinajstić information content (AvgIpc) is 3.35. The topological polar surface area (TPSA) is 220 Å². The van der Waals surface area contributed by atoms with Crippen LogP contribution in [0.3, 0.4) is 0 Å². The van der Waals surface area contributed by atoms with E-state index in [2.05, 4.69) is 25.9 Å². The molecule has 196 valence electrons. The summed E-state index contributed by atoms with van der Waals surface area (Å²) >= 11 is 0. The molecule has 2 aromatic rings. The molecule has 0 aliphatic rings. The lowest BCUT2D eigenvalue weighted by Crippen LogP contribution is -2.59. The number of aliphatic hydroxyl groups is 1. The number of amides is 3. The standard InChI is InChI=1S/C23H32N6O7/c1-12(2)19(24)22(34)29-18(10-30)21(33)27-16(8-14-9-25-11-26-14)20(32)28-17(23(35)36)7-13-3-5-15(31)6-4-13/h3-6,9,11-12,16-19,30-31H,7-8,10,24H2,1-2H3,(H,25,26)(H,27,33)(H,28,32)(H,29,34)(H,35,36). The molecule has 1 heterocycles. The molecular weight excluding hydrogens is 472 g/mol. The average molecular weight is 505 g/mol. The molecule has 0 aliphatic carbocycles. The number of carbonyl (C=O) groups is 4. The molecule has 0 aliphatic heterocycles. The van der Waals surface area contributed by atoms with Gasteiger partial charge < -0.3 is 42.0 Å². The minimum atomic E-state index is -1.38. The van der Waals surface area contributed by atoms with Gasteiger partial charge in [0.05, 0.1) is 19.0 Å². The number of hydrogen-bond acceptors (Lipinski definition) is 8. The molecule has 2 rings (SSSR count). The number of aliphatic hydroxyl groups excluding tert-OH is 1. The number of aliphatic carboxylic acids is 1. The normalized spacial score (nSPS) is 14.4. The van der Waals surface area contributed by atoms with E-state index < -0.39 is 54.5 Å². The Morgan fingerprint density at radius 2 is 1.53 bits per heavy atom. The Balaban J connectivity index is 2.16. The highest BCUT2D eigenvalue weighted by Gasteiger charge is 2.31. The highest BCUT2D eigenvalue weighted by molar-refractivity contribution is 5.94. The first-order valence-corrected chi connectivity index (χ1v) is 11.3. The molecule has 36 heavy (non-hydrogen) atoms. The van der Waals surface area contributed by atoms with Crippen molar-refractivity contribution in [3.8, 4) is 5.75 Å². The third-order valence-electron chi connectivity index (χ3n) is 5.44. The zero-order valence-electron chi connectivity index (χ0n) is 20.0. The van der Waals surface area contributed by atoms with Gasteiger partial charge in [0.15, 0.2) is 0 Å². The molecule has 4 atom stereocenters. The van der Waals surface area contributed by atoms with Gasteiger partial charge in [0, 0.05) is 24.7 Å². The molecule has 1 aromatic heterocycles. The fourth-order valence-corrected chi connectivity index (χ4v) is 3.20. The highest BCUT2D eigenvalue weighted by atomic mass is 16.4. The van der Waals surface area contributed by atoms with Crippen LogP contribution in [0.4, 0.5) is 0 Å². The van der Waals surface area contributed by atoms with Gasteiger partial charge in [-0.2, -0.15) is 0 Å². The number of carboxylic acids is 1. The number of hydrogen-bond donors (Lipinski definition) is 8. The number of nitrogens with two attached hydrogens (primary N) is 1. The summed E-state index contributed by atoms with van der Waals surface area (Å²) in [5.41, 5.74) is 6.82. The Labute approximate surface area is 207 Å². The number of rotatable bonds is 13. The lowest BCUT2D eigenvalue weighted by atomic mass is 10.0. The molecule has 0 saturated carbocycles. The number of nitrogens with zero attached hydrogens (tertiary/aromatic N) is 1. The van der Waals surface area contributed by atoms with Crippen LogP contribution >= 0.6 is 0 Å². The number of aromatic amines is 1. The monoisotopic (exact) mass is 504 g/mol. The highest BCUT2D eigenvalue weighted by Crippen LogP contribution is 2.12. The first-order valence-electron chi connectivity index (χ1n) is 11.3. The van der Waals surface area contributed by atoms with E-state index in [-0.39, 0.29) is 24.5 Å². The second-order valence-electron chi connectivity index (χ2n) is 8.63. The van der Waals surface area contributed by atoms with Gasteiger partial charge in [-0.25, -0.2) is 9.78 Å². The van der Waals surface area contributed by atoms with Gasteiger partial charge in [0.1, 0.15) is 23.9 Å². The summed E-state index contributed by atoms with van der Waals surface area (Å²) in [5, 5.41) is 35.9. The van der Waals surface area contributed by atoms with Crippen LogP contribution in [0.1, 0.15) is 25.1 Å². The Morgan fingerprint density at radius 3 is 2.06 bits per heavy atom. The molecule has 9 N–H and O–H groups in total. The Bertz CT molecular complexity index is 1030. The fraction of sp³-hybridized carbons (Fsp3) is 0.435. The summed E-state index contributed by atoms with van der Waals surface area (Å²) in [6.07, 6.45) is 2.67. The Hall–Kier alpha value is -3.97. The first-order chi connectivity index (χ1) is 17.0. The third kappa shape index (κ3) is 8.36. The van der Waals surface area contributed by atoms with Crippen LogP contribution in [0.15, 0.2) is 36.8 Å². The van der Waals surface area contributed by atoms with Gasteiger partial charge >= 0.3 is 5.97 Å². The smallest absolute Gasteiger partial charge is 0.326 e. The van der Waals surface area contributed by atoms with Crippen molar-refractivity contribution in [1.82, 2.24) is 25.9 Å². The molecule has 4 unspecified atom stereocenters. The molecule has 0 radical (unpaired) electrons. The third-order valence-corrected chi connectivity index (χ3v) is 5.44. The van der Waals surface area contributed by atoms with Gasteiger partial charge in [-0.15, -0.1) is 0 Å². The number of phenolic OH excluding ortho intramolecular Hbond substituents is 1. The predicted molar refractivity (Wildman–Crippen MR) is 127 cm³/mol. The van der Waals surface area contributed by atoms with E-state index in [1.54, 1.807) is 13.8 Å². The number of benzene rings is 1. The van der Waals surface area contributed by atoms with Gasteiger partial charge in [0.25, 0.3) is 0 Å². The van der Waals surface area contributed by atoms with E-state index in [4.69, 9.17) is 5.73 Å². The lowest BCUT2D eigenvalue weighted by molar-refractivity contribution is -0.142. The number of carboxylic acid groups (broad SMARTS) is 1. The van der Waals surface area contributed by atoms with Crippen LogP contribution in [0.2, 0.25) is 0 Å². The first kappa shape index (κ1) is 28.3. The number of H-pyrrole nitrogens is 1. The molecule has 13 heteroatoms. The SMILES string of the molecule is CC(C)C(N)C(=O)NC(CO)C(=O)NC(Cc1cnc[nH]1)C(=O)NC(Cc1ccc(O)cc1)C(=O)O. The van der Waals surface area contributed by atoms with Gasteiger partial charge in [0.2, 0.25) is 17.7 Å². The van der Waals surface area contributed by atoms with Crippen molar-refractivity contribution in [1.29, 1.82) is 0 Å². The van der Waals surface area contributed by atoms with Gasteiger partial charge in [-0.3, -0.25) is 14.4 Å². The molecule has 0 fully saturated rings. The van der Waals surface area contributed by atoms with E-state index in [1.807, 2.05) is 0 Å². The van der Waals surface area contributed by atoms with Crippen molar-refractivity contribution >= 4 is 23.7 Å². The van der Waals surface area contributed by atoms with E-state index >= 15 is 0 Å². The second-order valence-corrected chi connectivity index (χ2v) is 8.63. The van der Waals surface area contributed by atoms with Crippen LogP contribution in [0.25, 0.3) is 0 Å². The van der Waals surface area contributed by atoms with Crippen LogP contribution < -0.4 is 21.7 Å². The van der Waals surface area contributed by atoms with Crippen molar-refractivity contribution in [2.75, 3.05) is 6.61 Å². The molecule has 0 spiro atoms. The number of aromatic hydroxyl groups is 1. The van der Waals surface area contributed by atoms with Crippen molar-refractivity contribution in [3.05, 3.63) is 48.0 Å². The zero-order chi connectivity index (χ0) is 26.8. The van der Waals surface area contributed by atoms with Crippen molar-refractivity contribution in [2.24, 2.45) is 11.7 Å². The van der Waals surface area contributed by atoms with E-state index in [0.29, 0.717) is 11.3 Å². The summed E-state index contributed by atoms with van der Waals surface area (Å²) < 4.78 is 0. The summed E-state index contributed by atoms with van der Waals surface area (Å²) in [6, 6.07) is 0.955. The lowest BCUT2D eigenvalue weighted by Gasteiger charge is -2.24. The van der Waals surface area contributed by atoms with E-state index in [1.165, 1.54) is 36.8 Å². The molecular formula is C23H32N6O7. The van der Waals surface area contributed by atoms with Crippen LogP contribution in [0.5, 0.6) is 5.75 Å². The van der Waals surface area contributed by atoms with Crippen LogP contribution in [-0.2, 0) is 32.0 Å². The minimum absolute atomic E-state index is 0.0110. The summed E-state index contributed by atoms with van der Waals surface area (Å²) in [7, 11) is 0. The number of imidazole rings is 1. The maximum atomic E-state index is 13.1. The van der Waals surface area contributed by atoms with Crippen LogP contribution in [-0.4, -0.2) is 79.8 Å². The van der Waals surface area contributed by atoms with Gasteiger partial charge in [-0.1, -0.05) is 26.0 Å². The van der Waals surface area contributed by atoms with Crippen molar-refractivity contribution in [2.45, 2.75) is 50.9 Å². The van der Waals surface area contributed by atoms with E-state index in [9.17, 15) is 34.5 Å². The van der Waals surface area contributed by atoms with Crippen molar-refractivity contribution < 1.29 is 34.5 Å². The summed E-state index contributed by atoms with van der Waals surface area (Å²) in [5.74, 6) is -3.80. The number of phenols is 1. The Kier molecular flexibility index (Phi) is 10.4. The quantitative estimate of drug-likeness (QED) is 0.157. The number of aromatic nitrogens is 2. The number of carbonyl (C=O) groups excluding carboxylic acids is 3. The minimum Gasteiger partial charge on any atom is -0.508 e. The zero-order valence-corrected chi connectivity index (χ0v) is 20.0. The second kappa shape index (κ2) is 13.2. The van der Waals surface area contributed by atoms with E-state index in [0.717, 1.165) is 0 Å². The van der Waals surface area contributed by atoms with Gasteiger partial charge in [-0.05, 0) is 23.6 Å². The molecule has 0 bridgehead atoms. The fourth-order valence-electron chi connectivity index (χ4n) is 3.20. The van der Waals surface area contributed by atoms with Crippen LogP contribution in [0, 0.1) is 5.92 Å². The maximum Gasteiger partial charge on any atom is 0.326 e. The number of nitrogens with one attached hydrogen (secondary N) is 4. The largest absolute Gasteiger partial charge is 0.508 e. The maximum absolute atomic E-state index is 13.1.